The van der Waals surface area contributed by atoms with Crippen LogP contribution in [0.15, 0.2) is 46.9 Å². The molecule has 0 unspecified atom stereocenters. The zero-order chi connectivity index (χ0) is 18.0. The first-order valence-corrected chi connectivity index (χ1v) is 7.57. The van der Waals surface area contributed by atoms with Gasteiger partial charge < -0.3 is 9.15 Å². The van der Waals surface area contributed by atoms with Gasteiger partial charge in [0.15, 0.2) is 6.10 Å². The minimum atomic E-state index is -0.852. The van der Waals surface area contributed by atoms with E-state index < -0.39 is 17.9 Å². The van der Waals surface area contributed by atoms with Gasteiger partial charge in [0, 0.05) is 5.56 Å². The second-order valence-electron chi connectivity index (χ2n) is 5.12. The van der Waals surface area contributed by atoms with Crippen LogP contribution in [0.2, 0.25) is 5.02 Å². The second-order valence-corrected chi connectivity index (χ2v) is 5.53. The summed E-state index contributed by atoms with van der Waals surface area (Å²) >= 11 is 5.83. The Balaban J connectivity index is 1.74. The summed E-state index contributed by atoms with van der Waals surface area (Å²) in [4.78, 5) is 12.1. The van der Waals surface area contributed by atoms with Crippen molar-refractivity contribution in [3.63, 3.8) is 0 Å². The molecule has 3 rings (SSSR count). The number of ether oxygens (including phenoxy) is 1. The van der Waals surface area contributed by atoms with Crippen molar-refractivity contribution in [1.82, 2.24) is 10.2 Å². The fourth-order valence-corrected chi connectivity index (χ4v) is 2.28. The highest BCUT2D eigenvalue weighted by Gasteiger charge is 2.21. The van der Waals surface area contributed by atoms with E-state index in [-0.39, 0.29) is 28.2 Å². The third-order valence-electron chi connectivity index (χ3n) is 3.31. The number of aromatic nitrogens is 2. The zero-order valence-electron chi connectivity index (χ0n) is 12.9. The number of hydrogen-bond acceptors (Lipinski definition) is 5. The monoisotopic (exact) mass is 364 g/mol. The van der Waals surface area contributed by atoms with Crippen molar-refractivity contribution in [2.24, 2.45) is 0 Å². The van der Waals surface area contributed by atoms with Crippen LogP contribution in [0.1, 0.15) is 29.3 Å². The van der Waals surface area contributed by atoms with E-state index in [2.05, 4.69) is 10.2 Å². The van der Waals surface area contributed by atoms with Crippen molar-refractivity contribution in [2.75, 3.05) is 0 Å². The van der Waals surface area contributed by atoms with Crippen LogP contribution < -0.4 is 0 Å². The number of carbonyl (C=O) groups excluding carboxylic acids is 1. The van der Waals surface area contributed by atoms with Crippen LogP contribution in [-0.2, 0) is 4.74 Å². The Morgan fingerprint density at radius 1 is 1.12 bits per heavy atom. The molecule has 0 amide bonds. The molecule has 1 heterocycles. The summed E-state index contributed by atoms with van der Waals surface area (Å²) in [5, 5.41) is 7.60. The predicted octanol–water partition coefficient (Wildman–Crippen LogP) is 4.59. The van der Waals surface area contributed by atoms with Crippen LogP contribution in [0, 0.1) is 11.6 Å². The van der Waals surface area contributed by atoms with E-state index in [1.807, 2.05) is 0 Å². The SMILES string of the molecule is C[C@H](OC(=O)c1ccc(F)cc1Cl)c1nnc(-c2ccc(F)cc2)o1. The molecule has 25 heavy (non-hydrogen) atoms. The number of rotatable bonds is 4. The molecule has 3 aromatic rings. The Morgan fingerprint density at radius 3 is 2.48 bits per heavy atom. The van der Waals surface area contributed by atoms with Gasteiger partial charge in [-0.15, -0.1) is 10.2 Å². The first kappa shape index (κ1) is 17.0. The summed E-state index contributed by atoms with van der Waals surface area (Å²) in [5.74, 6) is -1.47. The lowest BCUT2D eigenvalue weighted by atomic mass is 10.2. The Morgan fingerprint density at radius 2 is 1.80 bits per heavy atom. The van der Waals surface area contributed by atoms with Crippen LogP contribution in [0.25, 0.3) is 11.5 Å². The van der Waals surface area contributed by atoms with E-state index in [1.165, 1.54) is 37.3 Å². The molecule has 0 saturated carbocycles. The van der Waals surface area contributed by atoms with E-state index in [9.17, 15) is 13.6 Å². The molecule has 8 heteroatoms. The summed E-state index contributed by atoms with van der Waals surface area (Å²) in [7, 11) is 0. The topological polar surface area (TPSA) is 65.2 Å². The van der Waals surface area contributed by atoms with Gasteiger partial charge in [0.05, 0.1) is 10.6 Å². The van der Waals surface area contributed by atoms with E-state index in [0.717, 1.165) is 12.1 Å². The fourth-order valence-electron chi connectivity index (χ4n) is 2.04. The number of hydrogen-bond donors (Lipinski definition) is 0. The number of carbonyl (C=O) groups is 1. The lowest BCUT2D eigenvalue weighted by molar-refractivity contribution is 0.0280. The van der Waals surface area contributed by atoms with Gasteiger partial charge in [-0.25, -0.2) is 13.6 Å². The molecule has 0 bridgehead atoms. The van der Waals surface area contributed by atoms with Crippen LogP contribution in [0.3, 0.4) is 0 Å². The Labute approximate surface area is 146 Å². The molecular formula is C17H11ClF2N2O3. The van der Waals surface area contributed by atoms with E-state index in [0.29, 0.717) is 5.56 Å². The third kappa shape index (κ3) is 3.83. The fraction of sp³-hybridized carbons (Fsp3) is 0.118. The van der Waals surface area contributed by atoms with Gasteiger partial charge in [-0.1, -0.05) is 11.6 Å². The molecule has 0 N–H and O–H groups in total. The molecule has 1 aromatic heterocycles. The number of nitrogens with zero attached hydrogens (tertiary/aromatic N) is 2. The Bertz CT molecular complexity index is 913. The molecule has 2 aromatic carbocycles. The maximum absolute atomic E-state index is 13.0. The molecule has 1 atom stereocenters. The Kier molecular flexibility index (Phi) is 4.76. The molecule has 0 aliphatic rings. The van der Waals surface area contributed by atoms with Gasteiger partial charge >= 0.3 is 5.97 Å². The van der Waals surface area contributed by atoms with Crippen molar-refractivity contribution in [2.45, 2.75) is 13.0 Å². The average molecular weight is 365 g/mol. The van der Waals surface area contributed by atoms with Gasteiger partial charge in [-0.05, 0) is 49.4 Å². The minimum Gasteiger partial charge on any atom is -0.449 e. The van der Waals surface area contributed by atoms with E-state index in [1.54, 1.807) is 0 Å². The highest BCUT2D eigenvalue weighted by Crippen LogP contribution is 2.25. The quantitative estimate of drug-likeness (QED) is 0.634. The smallest absolute Gasteiger partial charge is 0.340 e. The van der Waals surface area contributed by atoms with Crippen LogP contribution in [0.4, 0.5) is 8.78 Å². The summed E-state index contributed by atoms with van der Waals surface area (Å²) in [6, 6.07) is 8.85. The standard InChI is InChI=1S/C17H11ClF2N2O3/c1-9(24-17(23)13-7-6-12(20)8-14(13)18)15-21-22-16(25-15)10-2-4-11(19)5-3-10/h2-9H,1H3/t9-/m0/s1. The summed E-state index contributed by atoms with van der Waals surface area (Å²) in [6.45, 7) is 1.54. The molecule has 0 spiro atoms. The molecule has 5 nitrogen and oxygen atoms in total. The third-order valence-corrected chi connectivity index (χ3v) is 3.63. The molecule has 0 fully saturated rings. The van der Waals surface area contributed by atoms with Crippen molar-refractivity contribution in [1.29, 1.82) is 0 Å². The maximum atomic E-state index is 13.0. The molecular weight excluding hydrogens is 354 g/mol. The van der Waals surface area contributed by atoms with Crippen LogP contribution >= 0.6 is 11.6 Å². The van der Waals surface area contributed by atoms with Gasteiger partial charge in [-0.3, -0.25) is 0 Å². The molecule has 0 radical (unpaired) electrons. The van der Waals surface area contributed by atoms with Gasteiger partial charge in [0.2, 0.25) is 5.89 Å². The van der Waals surface area contributed by atoms with Crippen molar-refractivity contribution >= 4 is 17.6 Å². The minimum absolute atomic E-state index is 0.0215. The predicted molar refractivity (Wildman–Crippen MR) is 84.9 cm³/mol. The Hall–Kier alpha value is -2.80. The maximum Gasteiger partial charge on any atom is 0.340 e. The van der Waals surface area contributed by atoms with Crippen molar-refractivity contribution < 1.29 is 22.7 Å². The summed E-state index contributed by atoms with van der Waals surface area (Å²) in [5.41, 5.74) is 0.549. The number of esters is 1. The molecule has 0 saturated heterocycles. The zero-order valence-corrected chi connectivity index (χ0v) is 13.6. The summed E-state index contributed by atoms with van der Waals surface area (Å²) in [6.07, 6.45) is -0.852. The molecule has 0 aliphatic carbocycles. The first-order chi connectivity index (χ1) is 11.9. The highest BCUT2D eigenvalue weighted by atomic mass is 35.5. The van der Waals surface area contributed by atoms with Gasteiger partial charge in [-0.2, -0.15) is 0 Å². The molecule has 0 aliphatic heterocycles. The summed E-state index contributed by atoms with van der Waals surface area (Å²) < 4.78 is 36.6. The lowest BCUT2D eigenvalue weighted by Gasteiger charge is -2.10. The molecule has 128 valence electrons. The van der Waals surface area contributed by atoms with Gasteiger partial charge in [0.25, 0.3) is 5.89 Å². The highest BCUT2D eigenvalue weighted by molar-refractivity contribution is 6.33. The average Bonchev–Trinajstić information content (AvgIpc) is 3.05. The van der Waals surface area contributed by atoms with Crippen LogP contribution in [-0.4, -0.2) is 16.2 Å². The number of halogens is 3. The lowest BCUT2D eigenvalue weighted by Crippen LogP contribution is -2.10. The van der Waals surface area contributed by atoms with E-state index in [4.69, 9.17) is 20.8 Å². The van der Waals surface area contributed by atoms with Crippen molar-refractivity contribution in [3.8, 4) is 11.5 Å². The first-order valence-electron chi connectivity index (χ1n) is 7.19. The van der Waals surface area contributed by atoms with Crippen molar-refractivity contribution in [3.05, 3.63) is 70.6 Å². The van der Waals surface area contributed by atoms with Crippen LogP contribution in [0.5, 0.6) is 0 Å². The second kappa shape index (κ2) is 6.98. The number of benzene rings is 2. The largest absolute Gasteiger partial charge is 0.449 e. The normalized spacial score (nSPS) is 12.0. The van der Waals surface area contributed by atoms with E-state index >= 15 is 0 Å². The van der Waals surface area contributed by atoms with Gasteiger partial charge in [0.1, 0.15) is 11.6 Å².